The quantitative estimate of drug-likeness (QED) is 0.727. The molecule has 0 aliphatic rings. The third kappa shape index (κ3) is 3.41. The molecule has 24 heavy (non-hydrogen) atoms. The van der Waals surface area contributed by atoms with Crippen LogP contribution in [0.15, 0.2) is 66.9 Å². The maximum Gasteiger partial charge on any atom is 0.215 e. The van der Waals surface area contributed by atoms with E-state index in [2.05, 4.69) is 4.98 Å². The van der Waals surface area contributed by atoms with Gasteiger partial charge in [-0.2, -0.15) is 0 Å². The van der Waals surface area contributed by atoms with Gasteiger partial charge in [0.05, 0.1) is 0 Å². The van der Waals surface area contributed by atoms with E-state index in [1.54, 1.807) is 0 Å². The second kappa shape index (κ2) is 6.91. The lowest BCUT2D eigenvalue weighted by Gasteiger charge is -2.11. The summed E-state index contributed by atoms with van der Waals surface area (Å²) in [4.78, 5) is 16.6. The second-order valence-corrected chi connectivity index (χ2v) is 5.12. The average molecular weight is 323 g/mol. The zero-order chi connectivity index (χ0) is 16.9. The Hall–Kier alpha value is -3.21. The van der Waals surface area contributed by atoms with E-state index in [1.165, 1.54) is 36.5 Å². The van der Waals surface area contributed by atoms with Gasteiger partial charge in [-0.05, 0) is 29.8 Å². The van der Waals surface area contributed by atoms with Gasteiger partial charge in [0.25, 0.3) is 0 Å². The van der Waals surface area contributed by atoms with Crippen molar-refractivity contribution in [1.29, 1.82) is 0 Å². The summed E-state index contributed by atoms with van der Waals surface area (Å²) < 4.78 is 18.6. The lowest BCUT2D eigenvalue weighted by atomic mass is 10.1. The van der Waals surface area contributed by atoms with Crippen LogP contribution in [0.1, 0.15) is 21.6 Å². The number of aromatic nitrogens is 1. The molecule has 2 aromatic carbocycles. The van der Waals surface area contributed by atoms with Gasteiger partial charge in [-0.25, -0.2) is 9.37 Å². The Bertz CT molecular complexity index is 848. The Labute approximate surface area is 138 Å². The molecule has 120 valence electrons. The highest BCUT2D eigenvalue weighted by molar-refractivity contribution is 6.09. The smallest absolute Gasteiger partial charge is 0.215 e. The molecule has 3 rings (SSSR count). The van der Waals surface area contributed by atoms with Crippen LogP contribution >= 0.6 is 0 Å². The van der Waals surface area contributed by atoms with E-state index in [1.807, 2.05) is 30.3 Å². The molecule has 0 unspecified atom stereocenters. The minimum Gasteiger partial charge on any atom is -0.504 e. The lowest BCUT2D eigenvalue weighted by Crippen LogP contribution is -2.08. The predicted molar refractivity (Wildman–Crippen MR) is 86.5 cm³/mol. The van der Waals surface area contributed by atoms with Crippen LogP contribution in [0.2, 0.25) is 0 Å². The molecule has 0 aliphatic heterocycles. The Balaban J connectivity index is 1.89. The maximum atomic E-state index is 13.0. The van der Waals surface area contributed by atoms with Crippen LogP contribution in [0.25, 0.3) is 0 Å². The average Bonchev–Trinajstić information content (AvgIpc) is 2.61. The number of hydrogen-bond acceptors (Lipinski definition) is 4. The van der Waals surface area contributed by atoms with E-state index in [0.717, 1.165) is 5.56 Å². The van der Waals surface area contributed by atoms with Crippen molar-refractivity contribution >= 4 is 5.78 Å². The Morgan fingerprint density at radius 3 is 2.46 bits per heavy atom. The van der Waals surface area contributed by atoms with Gasteiger partial charge in [-0.3, -0.25) is 4.79 Å². The van der Waals surface area contributed by atoms with Crippen LogP contribution in [0.5, 0.6) is 11.5 Å². The molecule has 0 spiro atoms. The Kier molecular flexibility index (Phi) is 4.52. The summed E-state index contributed by atoms with van der Waals surface area (Å²) in [5.74, 6) is -1.05. The molecule has 1 N–H and O–H groups in total. The SMILES string of the molecule is O=C(c1ccc(F)cc1)c1nccc(O)c1OCc1ccccc1. The van der Waals surface area contributed by atoms with E-state index >= 15 is 0 Å². The fourth-order valence-electron chi connectivity index (χ4n) is 2.21. The van der Waals surface area contributed by atoms with Gasteiger partial charge in [0.15, 0.2) is 17.2 Å². The molecule has 0 aliphatic carbocycles. The number of pyridine rings is 1. The summed E-state index contributed by atoms with van der Waals surface area (Å²) >= 11 is 0. The molecule has 3 aromatic rings. The monoisotopic (exact) mass is 323 g/mol. The highest BCUT2D eigenvalue weighted by Gasteiger charge is 2.20. The number of halogens is 1. The first-order valence-electron chi connectivity index (χ1n) is 7.30. The van der Waals surface area contributed by atoms with Gasteiger partial charge < -0.3 is 9.84 Å². The highest BCUT2D eigenvalue weighted by Crippen LogP contribution is 2.30. The molecular weight excluding hydrogens is 309 g/mol. The fraction of sp³-hybridized carbons (Fsp3) is 0.0526. The van der Waals surface area contributed by atoms with Crippen LogP contribution in [0.4, 0.5) is 4.39 Å². The first-order valence-corrected chi connectivity index (χ1v) is 7.30. The summed E-state index contributed by atoms with van der Waals surface area (Å²) in [6.07, 6.45) is 1.32. The Morgan fingerprint density at radius 1 is 1.04 bits per heavy atom. The molecular formula is C19H14FNO3. The number of rotatable bonds is 5. The van der Waals surface area contributed by atoms with Gasteiger partial charge in [0, 0.05) is 17.8 Å². The summed E-state index contributed by atoms with van der Waals surface area (Å²) in [5, 5.41) is 10.0. The molecule has 0 saturated heterocycles. The van der Waals surface area contributed by atoms with Crippen LogP contribution in [0, 0.1) is 5.82 Å². The van der Waals surface area contributed by atoms with Gasteiger partial charge in [0.1, 0.15) is 12.4 Å². The number of benzene rings is 2. The van der Waals surface area contributed by atoms with Crippen molar-refractivity contribution in [2.75, 3.05) is 0 Å². The van der Waals surface area contributed by atoms with E-state index in [4.69, 9.17) is 4.74 Å². The normalized spacial score (nSPS) is 10.4. The van der Waals surface area contributed by atoms with Crippen molar-refractivity contribution < 1.29 is 19.0 Å². The zero-order valence-electron chi connectivity index (χ0n) is 12.6. The first kappa shape index (κ1) is 15.7. The molecule has 5 heteroatoms. The molecule has 0 fully saturated rings. The number of ketones is 1. The van der Waals surface area contributed by atoms with E-state index in [9.17, 15) is 14.3 Å². The van der Waals surface area contributed by atoms with Crippen molar-refractivity contribution in [3.8, 4) is 11.5 Å². The molecule has 0 atom stereocenters. The van der Waals surface area contributed by atoms with Gasteiger partial charge >= 0.3 is 0 Å². The molecule has 0 bridgehead atoms. The minimum atomic E-state index is -0.450. The summed E-state index contributed by atoms with van der Waals surface area (Å²) in [5.41, 5.74) is 1.14. The third-order valence-electron chi connectivity index (χ3n) is 3.43. The van der Waals surface area contributed by atoms with Crippen molar-refractivity contribution in [3.63, 3.8) is 0 Å². The third-order valence-corrected chi connectivity index (χ3v) is 3.43. The van der Waals surface area contributed by atoms with Crippen molar-refractivity contribution in [2.45, 2.75) is 6.61 Å². The standard InChI is InChI=1S/C19H14FNO3/c20-15-8-6-14(7-9-15)18(23)17-19(16(22)10-11-21-17)24-12-13-4-2-1-3-5-13/h1-11H,12H2,(H,21,22). The van der Waals surface area contributed by atoms with Crippen molar-refractivity contribution in [3.05, 3.63) is 89.5 Å². The topological polar surface area (TPSA) is 59.4 Å². The summed E-state index contributed by atoms with van der Waals surface area (Å²) in [6.45, 7) is 0.184. The number of aromatic hydroxyl groups is 1. The van der Waals surface area contributed by atoms with Crippen LogP contribution in [0.3, 0.4) is 0 Å². The second-order valence-electron chi connectivity index (χ2n) is 5.12. The number of hydrogen-bond donors (Lipinski definition) is 1. The minimum absolute atomic E-state index is 0.00989. The van der Waals surface area contributed by atoms with Crippen LogP contribution in [-0.4, -0.2) is 15.9 Å². The van der Waals surface area contributed by atoms with E-state index in [0.29, 0.717) is 0 Å². The number of ether oxygens (including phenoxy) is 1. The van der Waals surface area contributed by atoms with Gasteiger partial charge in [0.2, 0.25) is 5.78 Å². The van der Waals surface area contributed by atoms with Gasteiger partial charge in [-0.1, -0.05) is 30.3 Å². The van der Waals surface area contributed by atoms with Crippen LogP contribution in [-0.2, 0) is 6.61 Å². The molecule has 0 amide bonds. The molecule has 4 nitrogen and oxygen atoms in total. The molecule has 0 radical (unpaired) electrons. The zero-order valence-corrected chi connectivity index (χ0v) is 12.6. The van der Waals surface area contributed by atoms with E-state index < -0.39 is 11.6 Å². The van der Waals surface area contributed by atoms with Crippen molar-refractivity contribution in [1.82, 2.24) is 4.98 Å². The summed E-state index contributed by atoms with van der Waals surface area (Å²) in [7, 11) is 0. The summed E-state index contributed by atoms with van der Waals surface area (Å²) in [6, 6.07) is 15.8. The van der Waals surface area contributed by atoms with Crippen molar-refractivity contribution in [2.24, 2.45) is 0 Å². The highest BCUT2D eigenvalue weighted by atomic mass is 19.1. The Morgan fingerprint density at radius 2 is 1.75 bits per heavy atom. The fourth-order valence-corrected chi connectivity index (χ4v) is 2.21. The van der Waals surface area contributed by atoms with Crippen LogP contribution < -0.4 is 4.74 Å². The lowest BCUT2D eigenvalue weighted by molar-refractivity contribution is 0.102. The number of nitrogens with zero attached hydrogens (tertiary/aromatic N) is 1. The predicted octanol–water partition coefficient (Wildman–Crippen LogP) is 3.74. The van der Waals surface area contributed by atoms with Gasteiger partial charge in [-0.15, -0.1) is 0 Å². The number of carbonyl (C=O) groups excluding carboxylic acids is 1. The molecule has 0 saturated carbocycles. The maximum absolute atomic E-state index is 13.0. The largest absolute Gasteiger partial charge is 0.504 e. The molecule has 1 aromatic heterocycles. The molecule has 1 heterocycles. The van der Waals surface area contributed by atoms with E-state index in [-0.39, 0.29) is 29.4 Å². The first-order chi connectivity index (χ1) is 11.6. The number of carbonyl (C=O) groups is 1.